The molecule has 13 heteroatoms. The number of nitrogens with zero attached hydrogens (tertiary/aromatic N) is 1. The Bertz CT molecular complexity index is 1550. The van der Waals surface area contributed by atoms with Gasteiger partial charge in [0, 0.05) is 22.5 Å². The number of carbonyl (C=O) groups is 2. The standard InChI is InChI=1S/C28H29N3O5.CH4O4S/c1-31(12-14-35-15-13-31)16-19(32)17-36-20-8-6-18(7-9-20)30-24-11-10-23(29)25-26(24)28(34)22-5-3-2-4-21(22)27(25)33;1-5-6(2,3)4/h2-11,19,32H,12-17H2,1H3,(H2-,29,30,33,34);1H3,(H,2,3,4)/p+1. The van der Waals surface area contributed by atoms with Gasteiger partial charge in [0.1, 0.15) is 38.1 Å². The van der Waals surface area contributed by atoms with Gasteiger partial charge in [0.25, 0.3) is 0 Å². The van der Waals surface area contributed by atoms with E-state index in [-0.39, 0.29) is 35.0 Å². The van der Waals surface area contributed by atoms with Gasteiger partial charge in [0.15, 0.2) is 11.6 Å². The van der Waals surface area contributed by atoms with Crippen molar-refractivity contribution in [3.63, 3.8) is 0 Å². The summed E-state index contributed by atoms with van der Waals surface area (Å²) in [5, 5.41) is 13.7. The van der Waals surface area contributed by atoms with Crippen LogP contribution in [-0.4, -0.2) is 93.8 Å². The van der Waals surface area contributed by atoms with Gasteiger partial charge >= 0.3 is 10.4 Å². The fraction of sp³-hybridized carbons (Fsp3) is 0.310. The number of ketones is 2. The Morgan fingerprint density at radius 1 is 0.976 bits per heavy atom. The molecule has 1 unspecified atom stereocenters. The molecule has 0 spiro atoms. The van der Waals surface area contributed by atoms with Crippen LogP contribution in [0.3, 0.4) is 0 Å². The van der Waals surface area contributed by atoms with E-state index >= 15 is 0 Å². The van der Waals surface area contributed by atoms with Crippen LogP contribution in [0.25, 0.3) is 0 Å². The number of hydrogen-bond donors (Lipinski definition) is 4. The molecule has 1 aliphatic carbocycles. The molecule has 5 rings (SSSR count). The lowest BCUT2D eigenvalue weighted by Gasteiger charge is -2.38. The number of nitrogens with one attached hydrogen (secondary N) is 1. The number of hydrogen-bond acceptors (Lipinski definition) is 10. The molecule has 3 aromatic rings. The van der Waals surface area contributed by atoms with Crippen molar-refractivity contribution >= 4 is 39.0 Å². The van der Waals surface area contributed by atoms with Crippen LogP contribution in [0.15, 0.2) is 60.7 Å². The molecule has 3 aromatic carbocycles. The van der Waals surface area contributed by atoms with Gasteiger partial charge < -0.3 is 30.1 Å². The topological polar surface area (TPSA) is 174 Å². The minimum atomic E-state index is -4.16. The van der Waals surface area contributed by atoms with Crippen LogP contribution in [0.5, 0.6) is 5.75 Å². The zero-order chi connectivity index (χ0) is 30.5. The summed E-state index contributed by atoms with van der Waals surface area (Å²) in [7, 11) is -1.17. The van der Waals surface area contributed by atoms with Gasteiger partial charge in [-0.25, -0.2) is 0 Å². The Balaban J connectivity index is 0.000000612. The normalized spacial score (nSPS) is 16.4. The molecule has 42 heavy (non-hydrogen) atoms. The minimum absolute atomic E-state index is 0.197. The first kappa shape index (κ1) is 31.1. The van der Waals surface area contributed by atoms with Crippen molar-refractivity contribution in [1.29, 1.82) is 0 Å². The number of rotatable bonds is 8. The summed E-state index contributed by atoms with van der Waals surface area (Å²) in [6.45, 7) is 3.99. The van der Waals surface area contributed by atoms with Crippen LogP contribution in [0, 0.1) is 0 Å². The molecular formula is C29H34N3O9S+. The van der Waals surface area contributed by atoms with E-state index in [1.54, 1.807) is 48.5 Å². The van der Waals surface area contributed by atoms with Crippen LogP contribution in [0.4, 0.5) is 17.1 Å². The fourth-order valence-corrected chi connectivity index (χ4v) is 4.86. The Morgan fingerprint density at radius 2 is 1.55 bits per heavy atom. The summed E-state index contributed by atoms with van der Waals surface area (Å²) in [5.41, 5.74) is 8.88. The van der Waals surface area contributed by atoms with E-state index in [4.69, 9.17) is 19.8 Å². The maximum absolute atomic E-state index is 13.3. The highest BCUT2D eigenvalue weighted by Crippen LogP contribution is 2.36. The number of carbonyl (C=O) groups excluding carboxylic acids is 2. The predicted octanol–water partition coefficient (Wildman–Crippen LogP) is 2.44. The van der Waals surface area contributed by atoms with Crippen molar-refractivity contribution in [1.82, 2.24) is 0 Å². The van der Waals surface area contributed by atoms with E-state index < -0.39 is 16.5 Å². The number of aliphatic hydroxyl groups is 1. The maximum Gasteiger partial charge on any atom is 0.397 e. The summed E-state index contributed by atoms with van der Waals surface area (Å²) in [4.78, 5) is 26.4. The van der Waals surface area contributed by atoms with E-state index in [9.17, 15) is 23.1 Å². The zero-order valence-corrected chi connectivity index (χ0v) is 24.1. The average molecular weight is 601 g/mol. The molecule has 2 aliphatic rings. The number of ether oxygens (including phenoxy) is 2. The predicted molar refractivity (Wildman–Crippen MR) is 156 cm³/mol. The maximum atomic E-state index is 13.3. The van der Waals surface area contributed by atoms with E-state index in [0.29, 0.717) is 42.3 Å². The molecule has 0 radical (unpaired) electrons. The van der Waals surface area contributed by atoms with Crippen LogP contribution in [-0.2, 0) is 19.3 Å². The van der Waals surface area contributed by atoms with Gasteiger partial charge in [-0.3, -0.25) is 18.3 Å². The molecule has 1 atom stereocenters. The highest BCUT2D eigenvalue weighted by molar-refractivity contribution is 7.80. The quantitative estimate of drug-likeness (QED) is 0.133. The van der Waals surface area contributed by atoms with Gasteiger partial charge in [-0.15, -0.1) is 0 Å². The van der Waals surface area contributed by atoms with Crippen molar-refractivity contribution in [2.45, 2.75) is 6.10 Å². The molecule has 12 nitrogen and oxygen atoms in total. The second kappa shape index (κ2) is 13.0. The average Bonchev–Trinajstić information content (AvgIpc) is 2.96. The number of aliphatic hydroxyl groups excluding tert-OH is 1. The number of nitrogens with two attached hydrogens (primary N) is 1. The largest absolute Gasteiger partial charge is 0.491 e. The molecule has 0 saturated carbocycles. The summed E-state index contributed by atoms with van der Waals surface area (Å²) < 4.78 is 41.7. The smallest absolute Gasteiger partial charge is 0.397 e. The van der Waals surface area contributed by atoms with Gasteiger partial charge in [0.05, 0.1) is 44.2 Å². The van der Waals surface area contributed by atoms with E-state index in [1.807, 2.05) is 12.1 Å². The highest BCUT2D eigenvalue weighted by atomic mass is 32.3. The van der Waals surface area contributed by atoms with Gasteiger partial charge in [-0.2, -0.15) is 8.42 Å². The molecule has 1 heterocycles. The second-order valence-corrected chi connectivity index (χ2v) is 11.4. The molecule has 1 aliphatic heterocycles. The van der Waals surface area contributed by atoms with Crippen molar-refractivity contribution in [3.8, 4) is 5.75 Å². The number of anilines is 3. The van der Waals surface area contributed by atoms with Crippen LogP contribution >= 0.6 is 0 Å². The number of morpholine rings is 1. The Hall–Kier alpha value is -3.85. The summed E-state index contributed by atoms with van der Waals surface area (Å²) in [5.74, 6) is 0.140. The number of fused-ring (bicyclic) bond motifs is 2. The summed E-state index contributed by atoms with van der Waals surface area (Å²) in [6.07, 6.45) is -0.585. The highest BCUT2D eigenvalue weighted by Gasteiger charge is 2.33. The second-order valence-electron chi connectivity index (χ2n) is 10.2. The molecule has 224 valence electrons. The molecular weight excluding hydrogens is 566 g/mol. The van der Waals surface area contributed by atoms with Gasteiger partial charge in [-0.05, 0) is 36.4 Å². The Morgan fingerprint density at radius 3 is 2.12 bits per heavy atom. The van der Waals surface area contributed by atoms with E-state index in [1.165, 1.54) is 0 Å². The lowest BCUT2D eigenvalue weighted by molar-refractivity contribution is -0.919. The third kappa shape index (κ3) is 7.50. The van der Waals surface area contributed by atoms with Crippen molar-refractivity contribution < 1.29 is 45.8 Å². The molecule has 0 bridgehead atoms. The first-order valence-electron chi connectivity index (χ1n) is 13.1. The van der Waals surface area contributed by atoms with Crippen LogP contribution in [0.2, 0.25) is 0 Å². The molecule has 1 saturated heterocycles. The Labute approximate surface area is 244 Å². The third-order valence-corrected chi connectivity index (χ3v) is 7.52. The van der Waals surface area contributed by atoms with Crippen molar-refractivity contribution in [3.05, 3.63) is 82.9 Å². The number of benzene rings is 3. The summed E-state index contributed by atoms with van der Waals surface area (Å²) >= 11 is 0. The van der Waals surface area contributed by atoms with Crippen molar-refractivity contribution in [2.24, 2.45) is 0 Å². The number of likely N-dealkylation sites (N-methyl/N-ethyl adjacent to an activating group) is 1. The minimum Gasteiger partial charge on any atom is -0.491 e. The molecule has 0 aromatic heterocycles. The van der Waals surface area contributed by atoms with Crippen LogP contribution in [0.1, 0.15) is 31.8 Å². The van der Waals surface area contributed by atoms with Crippen LogP contribution < -0.4 is 15.8 Å². The first-order chi connectivity index (χ1) is 19.9. The Kier molecular flexibility index (Phi) is 9.61. The fourth-order valence-electron chi connectivity index (χ4n) is 4.86. The van der Waals surface area contributed by atoms with Gasteiger partial charge in [-0.1, -0.05) is 24.3 Å². The van der Waals surface area contributed by atoms with Crippen molar-refractivity contribution in [2.75, 3.05) is 64.7 Å². The third-order valence-electron chi connectivity index (χ3n) is 7.10. The molecule has 0 amide bonds. The first-order valence-corrected chi connectivity index (χ1v) is 14.5. The SMILES string of the molecule is COS(=O)(=O)O.C[N+]1(CC(O)COc2ccc(Nc3ccc(N)c4c3C(=O)c3ccccc3C4=O)cc2)CCOCC1. The molecule has 5 N–H and O–H groups in total. The van der Waals surface area contributed by atoms with E-state index in [0.717, 1.165) is 30.4 Å². The summed E-state index contributed by atoms with van der Waals surface area (Å²) in [6, 6.07) is 17.4. The monoisotopic (exact) mass is 600 g/mol. The molecule has 1 fully saturated rings. The zero-order valence-electron chi connectivity index (χ0n) is 23.3. The number of nitrogen functional groups attached to an aromatic ring is 1. The lowest BCUT2D eigenvalue weighted by Crippen LogP contribution is -2.56. The van der Waals surface area contributed by atoms with E-state index in [2.05, 4.69) is 16.5 Å². The van der Waals surface area contributed by atoms with Gasteiger partial charge in [0.2, 0.25) is 0 Å². The lowest BCUT2D eigenvalue weighted by atomic mass is 9.82. The number of quaternary nitrogens is 1.